The van der Waals surface area contributed by atoms with Gasteiger partial charge in [-0.05, 0) is 48.7 Å². The van der Waals surface area contributed by atoms with Crippen molar-refractivity contribution < 1.29 is 4.39 Å². The number of benzene rings is 2. The second-order valence-electron chi connectivity index (χ2n) is 5.65. The Labute approximate surface area is 129 Å². The zero-order valence-electron chi connectivity index (χ0n) is 12.9. The summed E-state index contributed by atoms with van der Waals surface area (Å²) in [7, 11) is 0. The molecule has 0 aliphatic carbocycles. The lowest BCUT2D eigenvalue weighted by Gasteiger charge is -2.11. The smallest absolute Gasteiger partial charge is 0.126 e. The fourth-order valence-electron chi connectivity index (χ4n) is 2.70. The second kappa shape index (κ2) is 5.89. The Morgan fingerprint density at radius 1 is 1.14 bits per heavy atom. The van der Waals surface area contributed by atoms with E-state index in [1.54, 1.807) is 12.1 Å². The van der Waals surface area contributed by atoms with Crippen LogP contribution < -0.4 is 5.73 Å². The predicted octanol–water partition coefficient (Wildman–Crippen LogP) is 3.81. The van der Waals surface area contributed by atoms with E-state index in [-0.39, 0.29) is 11.9 Å². The third-order valence-corrected chi connectivity index (χ3v) is 3.91. The summed E-state index contributed by atoms with van der Waals surface area (Å²) in [5.41, 5.74) is 10.4. The molecular formula is C18H20FN3. The van der Waals surface area contributed by atoms with Gasteiger partial charge in [-0.25, -0.2) is 9.37 Å². The van der Waals surface area contributed by atoms with Gasteiger partial charge >= 0.3 is 0 Å². The standard InChI is InChI=1S/C18H20FN3/c1-3-13-6-9-17-16(10-13)21-18(12(2)20)22(17)11-14-4-7-15(19)8-5-14/h4-10,12H,3,11,20H2,1-2H3. The highest BCUT2D eigenvalue weighted by Gasteiger charge is 2.14. The van der Waals surface area contributed by atoms with Crippen LogP contribution in [-0.2, 0) is 13.0 Å². The Balaban J connectivity index is 2.09. The van der Waals surface area contributed by atoms with E-state index in [4.69, 9.17) is 10.7 Å². The van der Waals surface area contributed by atoms with Gasteiger partial charge < -0.3 is 10.3 Å². The molecule has 4 heteroatoms. The van der Waals surface area contributed by atoms with Crippen LogP contribution in [0.2, 0.25) is 0 Å². The van der Waals surface area contributed by atoms with E-state index in [0.29, 0.717) is 6.54 Å². The molecule has 0 amide bonds. The van der Waals surface area contributed by atoms with Crippen molar-refractivity contribution in [3.8, 4) is 0 Å². The van der Waals surface area contributed by atoms with E-state index in [9.17, 15) is 4.39 Å². The summed E-state index contributed by atoms with van der Waals surface area (Å²) in [4.78, 5) is 4.70. The molecule has 0 fully saturated rings. The fraction of sp³-hybridized carbons (Fsp3) is 0.278. The molecule has 2 N–H and O–H groups in total. The van der Waals surface area contributed by atoms with Crippen LogP contribution in [0.1, 0.15) is 36.8 Å². The summed E-state index contributed by atoms with van der Waals surface area (Å²) < 4.78 is 15.2. The van der Waals surface area contributed by atoms with Gasteiger partial charge in [0.25, 0.3) is 0 Å². The molecular weight excluding hydrogens is 277 g/mol. The minimum atomic E-state index is -0.223. The SMILES string of the molecule is CCc1ccc2c(c1)nc(C(C)N)n2Cc1ccc(F)cc1. The first kappa shape index (κ1) is 14.7. The number of nitrogens with two attached hydrogens (primary N) is 1. The third-order valence-electron chi connectivity index (χ3n) is 3.91. The fourth-order valence-corrected chi connectivity index (χ4v) is 2.70. The van der Waals surface area contributed by atoms with Crippen molar-refractivity contribution in [2.45, 2.75) is 32.9 Å². The highest BCUT2D eigenvalue weighted by molar-refractivity contribution is 5.77. The minimum Gasteiger partial charge on any atom is -0.322 e. The van der Waals surface area contributed by atoms with Crippen LogP contribution in [-0.4, -0.2) is 9.55 Å². The van der Waals surface area contributed by atoms with Crippen LogP contribution in [0.3, 0.4) is 0 Å². The molecule has 3 nitrogen and oxygen atoms in total. The molecule has 0 saturated carbocycles. The molecule has 0 aliphatic heterocycles. The number of hydrogen-bond donors (Lipinski definition) is 1. The zero-order valence-corrected chi connectivity index (χ0v) is 12.9. The van der Waals surface area contributed by atoms with Crippen LogP contribution in [0.5, 0.6) is 0 Å². The summed E-state index contributed by atoms with van der Waals surface area (Å²) in [6, 6.07) is 12.7. The first-order chi connectivity index (χ1) is 10.6. The van der Waals surface area contributed by atoms with Gasteiger partial charge in [0.15, 0.2) is 0 Å². The van der Waals surface area contributed by atoms with Gasteiger partial charge in [0.05, 0.1) is 17.1 Å². The molecule has 1 unspecified atom stereocenters. The lowest BCUT2D eigenvalue weighted by atomic mass is 10.1. The second-order valence-corrected chi connectivity index (χ2v) is 5.65. The molecule has 0 saturated heterocycles. The molecule has 2 aromatic carbocycles. The molecule has 0 spiro atoms. The van der Waals surface area contributed by atoms with Crippen molar-refractivity contribution in [3.05, 3.63) is 65.2 Å². The first-order valence-corrected chi connectivity index (χ1v) is 7.57. The Bertz CT molecular complexity index is 788. The maximum absolute atomic E-state index is 13.1. The van der Waals surface area contributed by atoms with Crippen molar-refractivity contribution in [1.29, 1.82) is 0 Å². The van der Waals surface area contributed by atoms with Crippen molar-refractivity contribution in [2.24, 2.45) is 5.73 Å². The summed E-state index contributed by atoms with van der Waals surface area (Å²) in [5, 5.41) is 0. The van der Waals surface area contributed by atoms with E-state index in [1.165, 1.54) is 17.7 Å². The lowest BCUT2D eigenvalue weighted by Crippen LogP contribution is -2.14. The predicted molar refractivity (Wildman–Crippen MR) is 87.2 cm³/mol. The Morgan fingerprint density at radius 3 is 2.45 bits per heavy atom. The average Bonchev–Trinajstić information content (AvgIpc) is 2.87. The average molecular weight is 297 g/mol. The first-order valence-electron chi connectivity index (χ1n) is 7.57. The van der Waals surface area contributed by atoms with E-state index >= 15 is 0 Å². The molecule has 1 aromatic heterocycles. The number of aromatic nitrogens is 2. The Morgan fingerprint density at radius 2 is 1.82 bits per heavy atom. The van der Waals surface area contributed by atoms with Gasteiger partial charge in [0.1, 0.15) is 11.6 Å². The number of aryl methyl sites for hydroxylation is 1. The van der Waals surface area contributed by atoms with Gasteiger partial charge in [-0.3, -0.25) is 0 Å². The van der Waals surface area contributed by atoms with Crippen LogP contribution >= 0.6 is 0 Å². The van der Waals surface area contributed by atoms with Crippen LogP contribution in [0.4, 0.5) is 4.39 Å². The summed E-state index contributed by atoms with van der Waals surface area (Å²) in [5.74, 6) is 0.631. The van der Waals surface area contributed by atoms with Crippen molar-refractivity contribution in [1.82, 2.24) is 9.55 Å². The van der Waals surface area contributed by atoms with Crippen LogP contribution in [0.15, 0.2) is 42.5 Å². The van der Waals surface area contributed by atoms with Crippen LogP contribution in [0.25, 0.3) is 11.0 Å². The topological polar surface area (TPSA) is 43.8 Å². The highest BCUT2D eigenvalue weighted by atomic mass is 19.1. The van der Waals surface area contributed by atoms with Gasteiger partial charge in [0.2, 0.25) is 0 Å². The summed E-state index contributed by atoms with van der Waals surface area (Å²) >= 11 is 0. The normalized spacial score (nSPS) is 12.7. The molecule has 3 rings (SSSR count). The number of nitrogens with zero attached hydrogens (tertiary/aromatic N) is 2. The number of halogens is 1. The van der Waals surface area contributed by atoms with E-state index in [2.05, 4.69) is 29.7 Å². The van der Waals surface area contributed by atoms with Crippen LogP contribution in [0, 0.1) is 5.82 Å². The number of imidazole rings is 1. The van der Waals surface area contributed by atoms with Crippen molar-refractivity contribution >= 4 is 11.0 Å². The summed E-state index contributed by atoms with van der Waals surface area (Å²) in [6.45, 7) is 4.70. The molecule has 0 radical (unpaired) electrons. The maximum atomic E-state index is 13.1. The van der Waals surface area contributed by atoms with Gasteiger partial charge in [-0.1, -0.05) is 25.1 Å². The number of rotatable bonds is 4. The van der Waals surface area contributed by atoms with E-state index in [0.717, 1.165) is 28.8 Å². The quantitative estimate of drug-likeness (QED) is 0.796. The number of hydrogen-bond acceptors (Lipinski definition) is 2. The van der Waals surface area contributed by atoms with Gasteiger partial charge in [-0.15, -0.1) is 0 Å². The monoisotopic (exact) mass is 297 g/mol. The largest absolute Gasteiger partial charge is 0.322 e. The minimum absolute atomic E-state index is 0.155. The molecule has 3 aromatic rings. The summed E-state index contributed by atoms with van der Waals surface area (Å²) in [6.07, 6.45) is 0.980. The molecule has 0 aliphatic rings. The highest BCUT2D eigenvalue weighted by Crippen LogP contribution is 2.23. The third kappa shape index (κ3) is 2.74. The molecule has 22 heavy (non-hydrogen) atoms. The van der Waals surface area contributed by atoms with Crippen molar-refractivity contribution in [2.75, 3.05) is 0 Å². The van der Waals surface area contributed by atoms with E-state index < -0.39 is 0 Å². The Kier molecular flexibility index (Phi) is 3.94. The van der Waals surface area contributed by atoms with Gasteiger partial charge in [-0.2, -0.15) is 0 Å². The molecule has 114 valence electrons. The lowest BCUT2D eigenvalue weighted by molar-refractivity contribution is 0.624. The molecule has 1 heterocycles. The maximum Gasteiger partial charge on any atom is 0.126 e. The van der Waals surface area contributed by atoms with E-state index in [1.807, 2.05) is 6.92 Å². The molecule has 1 atom stereocenters. The van der Waals surface area contributed by atoms with Crippen molar-refractivity contribution in [3.63, 3.8) is 0 Å². The van der Waals surface area contributed by atoms with Gasteiger partial charge in [0, 0.05) is 6.54 Å². The number of fused-ring (bicyclic) bond motifs is 1. The molecule has 0 bridgehead atoms. The Hall–Kier alpha value is -2.20. The zero-order chi connectivity index (χ0) is 15.7.